The number of methoxy groups -OCH3 is 3. The predicted molar refractivity (Wildman–Crippen MR) is 115 cm³/mol. The van der Waals surface area contributed by atoms with Crippen LogP contribution < -0.4 is 14.2 Å². The van der Waals surface area contributed by atoms with Gasteiger partial charge < -0.3 is 43.7 Å². The van der Waals surface area contributed by atoms with Crippen molar-refractivity contribution in [2.45, 2.75) is 50.3 Å². The Morgan fingerprint density at radius 2 is 1.85 bits per heavy atom. The lowest BCUT2D eigenvalue weighted by Crippen LogP contribution is -2.60. The Hall–Kier alpha value is -2.47. The standard InChI is InChI=1S/C23H28O10/c1-10-18(25)13-6-11-5-12(28-2)7-15(29-3)17(11)21(14(13)9-31-10)33-23-20(27)19(26)22(30-4)16(8-24)32-23/h5-7,10,16,19-20,22-24,26-27H,8-9H2,1-4H3/t10-,16?,19?,20?,22?,23?/m0/s1. The van der Waals surface area contributed by atoms with Crippen LogP contribution in [-0.4, -0.2) is 85.8 Å². The van der Waals surface area contributed by atoms with E-state index < -0.39 is 43.4 Å². The van der Waals surface area contributed by atoms with Crippen LogP contribution >= 0.6 is 0 Å². The molecule has 0 spiro atoms. The van der Waals surface area contributed by atoms with Gasteiger partial charge in [0, 0.05) is 24.3 Å². The van der Waals surface area contributed by atoms with Crippen LogP contribution in [0.4, 0.5) is 0 Å². The van der Waals surface area contributed by atoms with Gasteiger partial charge >= 0.3 is 0 Å². The quantitative estimate of drug-likeness (QED) is 0.563. The molecule has 0 aliphatic carbocycles. The maximum atomic E-state index is 12.9. The van der Waals surface area contributed by atoms with Crippen molar-refractivity contribution in [2.75, 3.05) is 27.9 Å². The van der Waals surface area contributed by atoms with Gasteiger partial charge in [0.25, 0.3) is 0 Å². The lowest BCUT2D eigenvalue weighted by molar-refractivity contribution is -0.281. The molecule has 0 bridgehead atoms. The third-order valence-corrected chi connectivity index (χ3v) is 6.13. The molecule has 180 valence electrons. The van der Waals surface area contributed by atoms with Gasteiger partial charge in [0.05, 0.1) is 32.8 Å². The van der Waals surface area contributed by atoms with E-state index in [-0.39, 0.29) is 18.1 Å². The lowest BCUT2D eigenvalue weighted by atomic mass is 9.92. The van der Waals surface area contributed by atoms with Gasteiger partial charge in [-0.1, -0.05) is 0 Å². The van der Waals surface area contributed by atoms with Crippen molar-refractivity contribution in [3.63, 3.8) is 0 Å². The third-order valence-electron chi connectivity index (χ3n) is 6.13. The van der Waals surface area contributed by atoms with E-state index in [0.717, 1.165) is 0 Å². The first-order valence-corrected chi connectivity index (χ1v) is 10.5. The number of carbonyl (C=O) groups excluding carboxylic acids is 1. The fourth-order valence-electron chi connectivity index (χ4n) is 4.32. The zero-order valence-corrected chi connectivity index (χ0v) is 18.8. The first kappa shape index (κ1) is 23.7. The molecule has 0 amide bonds. The largest absolute Gasteiger partial charge is 0.497 e. The van der Waals surface area contributed by atoms with E-state index in [4.69, 9.17) is 28.4 Å². The molecule has 2 aromatic carbocycles. The average Bonchev–Trinajstić information content (AvgIpc) is 2.83. The predicted octanol–water partition coefficient (Wildman–Crippen LogP) is 0.791. The van der Waals surface area contributed by atoms with E-state index in [1.54, 1.807) is 25.1 Å². The molecule has 1 saturated heterocycles. The highest BCUT2D eigenvalue weighted by molar-refractivity contribution is 6.08. The van der Waals surface area contributed by atoms with Crippen LogP contribution in [0.15, 0.2) is 18.2 Å². The minimum absolute atomic E-state index is 0.0815. The maximum Gasteiger partial charge on any atom is 0.229 e. The topological polar surface area (TPSA) is 133 Å². The zero-order valence-electron chi connectivity index (χ0n) is 18.8. The van der Waals surface area contributed by atoms with Crippen molar-refractivity contribution in [1.82, 2.24) is 0 Å². The second-order valence-corrected chi connectivity index (χ2v) is 8.00. The first-order valence-electron chi connectivity index (χ1n) is 10.5. The molecule has 2 aliphatic rings. The van der Waals surface area contributed by atoms with Crippen molar-refractivity contribution in [3.05, 3.63) is 29.3 Å². The van der Waals surface area contributed by atoms with Crippen molar-refractivity contribution in [1.29, 1.82) is 0 Å². The molecule has 10 nitrogen and oxygen atoms in total. The highest BCUT2D eigenvalue weighted by Crippen LogP contribution is 2.44. The Balaban J connectivity index is 1.88. The summed E-state index contributed by atoms with van der Waals surface area (Å²) in [5.41, 5.74) is 0.875. The number of hydrogen-bond acceptors (Lipinski definition) is 10. The lowest BCUT2D eigenvalue weighted by Gasteiger charge is -2.41. The number of ketones is 1. The van der Waals surface area contributed by atoms with E-state index in [1.165, 1.54) is 21.3 Å². The number of fused-ring (bicyclic) bond motifs is 2. The highest BCUT2D eigenvalue weighted by Gasteiger charge is 2.46. The molecule has 5 unspecified atom stereocenters. The molecule has 2 aliphatic heterocycles. The van der Waals surface area contributed by atoms with Crippen LogP contribution in [0.2, 0.25) is 0 Å². The average molecular weight is 464 g/mol. The summed E-state index contributed by atoms with van der Waals surface area (Å²) in [5, 5.41) is 32.0. The first-order chi connectivity index (χ1) is 15.8. The van der Waals surface area contributed by atoms with E-state index in [0.29, 0.717) is 33.4 Å². The van der Waals surface area contributed by atoms with Crippen LogP contribution in [0.3, 0.4) is 0 Å². The number of Topliss-reactive ketones (excluding diaryl/α,β-unsaturated/α-hetero) is 1. The van der Waals surface area contributed by atoms with Crippen LogP contribution in [-0.2, 0) is 20.8 Å². The van der Waals surface area contributed by atoms with E-state index >= 15 is 0 Å². The maximum absolute atomic E-state index is 12.9. The van der Waals surface area contributed by atoms with Gasteiger partial charge in [-0.2, -0.15) is 0 Å². The number of benzene rings is 2. The van der Waals surface area contributed by atoms with E-state index in [2.05, 4.69) is 0 Å². The van der Waals surface area contributed by atoms with Gasteiger partial charge in [-0.3, -0.25) is 4.79 Å². The molecular formula is C23H28O10. The van der Waals surface area contributed by atoms with Crippen LogP contribution in [0, 0.1) is 0 Å². The summed E-state index contributed by atoms with van der Waals surface area (Å²) in [6.45, 7) is 1.29. The van der Waals surface area contributed by atoms with Crippen LogP contribution in [0.25, 0.3) is 10.8 Å². The second kappa shape index (κ2) is 9.41. The molecule has 33 heavy (non-hydrogen) atoms. The molecule has 1 fully saturated rings. The second-order valence-electron chi connectivity index (χ2n) is 8.00. The van der Waals surface area contributed by atoms with Crippen molar-refractivity contribution in [2.24, 2.45) is 0 Å². The summed E-state index contributed by atoms with van der Waals surface area (Å²) in [6.07, 6.45) is -6.75. The summed E-state index contributed by atoms with van der Waals surface area (Å²) in [4.78, 5) is 12.9. The molecule has 2 heterocycles. The molecule has 6 atom stereocenters. The highest BCUT2D eigenvalue weighted by atomic mass is 16.7. The van der Waals surface area contributed by atoms with Gasteiger partial charge in [-0.15, -0.1) is 0 Å². The minimum Gasteiger partial charge on any atom is -0.497 e. The van der Waals surface area contributed by atoms with Gasteiger partial charge in [0.2, 0.25) is 6.29 Å². The number of hydrogen-bond donors (Lipinski definition) is 3. The Morgan fingerprint density at radius 1 is 1.09 bits per heavy atom. The SMILES string of the molecule is COc1cc(OC)c2c(OC3OC(CO)C(OC)C(O)C3O)c3c(cc2c1)C(=O)[C@H](C)OC3. The smallest absolute Gasteiger partial charge is 0.229 e. The Bertz CT molecular complexity index is 1040. The summed E-state index contributed by atoms with van der Waals surface area (Å²) < 4.78 is 33.6. The van der Waals surface area contributed by atoms with Gasteiger partial charge in [0.15, 0.2) is 5.78 Å². The number of aliphatic hydroxyl groups is 3. The van der Waals surface area contributed by atoms with Gasteiger partial charge in [0.1, 0.15) is 47.8 Å². The Kier molecular flexibility index (Phi) is 6.76. The number of carbonyl (C=O) groups is 1. The number of rotatable bonds is 6. The molecule has 10 heteroatoms. The van der Waals surface area contributed by atoms with Crippen LogP contribution in [0.5, 0.6) is 17.2 Å². The van der Waals surface area contributed by atoms with Crippen molar-refractivity contribution >= 4 is 16.6 Å². The van der Waals surface area contributed by atoms with Crippen LogP contribution in [0.1, 0.15) is 22.8 Å². The van der Waals surface area contributed by atoms with Crippen molar-refractivity contribution < 1.29 is 48.5 Å². The number of aliphatic hydroxyl groups excluding tert-OH is 3. The molecular weight excluding hydrogens is 436 g/mol. The summed E-state index contributed by atoms with van der Waals surface area (Å²) in [6, 6.07) is 5.14. The normalized spacial score (nSPS) is 29.6. The van der Waals surface area contributed by atoms with Gasteiger partial charge in [-0.05, 0) is 24.4 Å². The zero-order chi connectivity index (χ0) is 23.9. The third kappa shape index (κ3) is 4.03. The number of ether oxygens (including phenoxy) is 6. The molecule has 3 N–H and O–H groups in total. The monoisotopic (exact) mass is 464 g/mol. The molecule has 0 radical (unpaired) electrons. The molecule has 4 rings (SSSR count). The summed E-state index contributed by atoms with van der Waals surface area (Å²) in [7, 11) is 4.35. The molecule has 2 aromatic rings. The fourth-order valence-corrected chi connectivity index (χ4v) is 4.32. The summed E-state index contributed by atoms with van der Waals surface area (Å²) in [5.74, 6) is 0.923. The minimum atomic E-state index is -1.49. The van der Waals surface area contributed by atoms with Gasteiger partial charge in [-0.25, -0.2) is 0 Å². The Labute approximate surface area is 190 Å². The summed E-state index contributed by atoms with van der Waals surface area (Å²) >= 11 is 0. The van der Waals surface area contributed by atoms with E-state index in [1.807, 2.05) is 0 Å². The molecule has 0 saturated carbocycles. The Morgan fingerprint density at radius 3 is 2.48 bits per heavy atom. The fraction of sp³-hybridized carbons (Fsp3) is 0.522. The van der Waals surface area contributed by atoms with E-state index in [9.17, 15) is 20.1 Å². The molecule has 0 aromatic heterocycles. The van der Waals surface area contributed by atoms with Crippen molar-refractivity contribution in [3.8, 4) is 17.2 Å².